The molecule has 0 unspecified atom stereocenters. The summed E-state index contributed by atoms with van der Waals surface area (Å²) in [4.78, 5) is 11.6. The number of benzene rings is 1. The van der Waals surface area contributed by atoms with Gasteiger partial charge >= 0.3 is 5.97 Å². The maximum Gasteiger partial charge on any atom is 0.338 e. The minimum atomic E-state index is -0.364. The lowest BCUT2D eigenvalue weighted by molar-refractivity contribution is 0.0597. The molecular weight excluding hydrogens is 244 g/mol. The molecular formula is C14H16N2O3. The molecule has 19 heavy (non-hydrogen) atoms. The second-order valence-electron chi connectivity index (χ2n) is 4.18. The van der Waals surface area contributed by atoms with E-state index in [1.54, 1.807) is 16.8 Å². The number of hydrogen-bond donors (Lipinski definition) is 0. The Bertz CT molecular complexity index is 571. The first-order chi connectivity index (χ1) is 9.11. The van der Waals surface area contributed by atoms with Crippen molar-refractivity contribution in [3.8, 4) is 5.88 Å². The zero-order chi connectivity index (χ0) is 13.8. The molecule has 0 spiro atoms. The maximum atomic E-state index is 11.6. The first-order valence-electron chi connectivity index (χ1n) is 5.91. The number of methoxy groups -OCH3 is 1. The van der Waals surface area contributed by atoms with Crippen LogP contribution in [0.2, 0.25) is 0 Å². The molecule has 0 saturated heterocycles. The normalized spacial score (nSPS) is 10.3. The molecule has 0 saturated carbocycles. The molecule has 0 aliphatic rings. The van der Waals surface area contributed by atoms with Gasteiger partial charge in [-0.05, 0) is 13.0 Å². The van der Waals surface area contributed by atoms with Crippen LogP contribution < -0.4 is 4.74 Å². The fraction of sp³-hybridized carbons (Fsp3) is 0.286. The summed E-state index contributed by atoms with van der Waals surface area (Å²) in [6, 6.07) is 9.05. The molecule has 0 atom stereocenters. The predicted octanol–water partition coefficient (Wildman–Crippen LogP) is 2.09. The van der Waals surface area contributed by atoms with Crippen LogP contribution in [-0.2, 0) is 18.4 Å². The van der Waals surface area contributed by atoms with Gasteiger partial charge in [0.15, 0.2) is 0 Å². The van der Waals surface area contributed by atoms with Crippen LogP contribution in [0.5, 0.6) is 5.88 Å². The summed E-state index contributed by atoms with van der Waals surface area (Å²) in [5.41, 5.74) is 2.30. The van der Waals surface area contributed by atoms with Crippen molar-refractivity contribution in [3.05, 3.63) is 47.2 Å². The monoisotopic (exact) mass is 260 g/mol. The molecule has 5 nitrogen and oxygen atoms in total. The van der Waals surface area contributed by atoms with Crippen molar-refractivity contribution < 1.29 is 14.3 Å². The summed E-state index contributed by atoms with van der Waals surface area (Å²) >= 11 is 0. The summed E-state index contributed by atoms with van der Waals surface area (Å²) < 4.78 is 12.1. The molecule has 1 heterocycles. The van der Waals surface area contributed by atoms with E-state index in [1.165, 1.54) is 7.11 Å². The fourth-order valence-corrected chi connectivity index (χ4v) is 1.71. The number of aryl methyl sites for hydroxylation is 2. The van der Waals surface area contributed by atoms with Crippen LogP contribution in [0.3, 0.4) is 0 Å². The van der Waals surface area contributed by atoms with Gasteiger partial charge < -0.3 is 9.47 Å². The molecule has 0 N–H and O–H groups in total. The molecule has 0 radical (unpaired) electrons. The highest BCUT2D eigenvalue weighted by Gasteiger charge is 2.12. The van der Waals surface area contributed by atoms with Crippen molar-refractivity contribution in [1.29, 1.82) is 0 Å². The second-order valence-corrected chi connectivity index (χ2v) is 4.18. The van der Waals surface area contributed by atoms with E-state index in [2.05, 4.69) is 5.10 Å². The van der Waals surface area contributed by atoms with Gasteiger partial charge in [0.1, 0.15) is 6.61 Å². The largest absolute Gasteiger partial charge is 0.472 e. The number of hydrogen-bond acceptors (Lipinski definition) is 4. The Balaban J connectivity index is 2.13. The topological polar surface area (TPSA) is 53.4 Å². The third kappa shape index (κ3) is 2.93. The van der Waals surface area contributed by atoms with E-state index < -0.39 is 0 Å². The lowest BCUT2D eigenvalue weighted by atomic mass is 10.1. The zero-order valence-corrected chi connectivity index (χ0v) is 11.2. The van der Waals surface area contributed by atoms with Crippen LogP contribution in [0, 0.1) is 6.92 Å². The van der Waals surface area contributed by atoms with Gasteiger partial charge in [0.25, 0.3) is 0 Å². The highest BCUT2D eigenvalue weighted by Crippen LogP contribution is 2.15. The Labute approximate surface area is 111 Å². The first-order valence-corrected chi connectivity index (χ1v) is 5.91. The van der Waals surface area contributed by atoms with E-state index in [0.717, 1.165) is 11.3 Å². The first kappa shape index (κ1) is 13.1. The van der Waals surface area contributed by atoms with E-state index in [9.17, 15) is 4.79 Å². The Morgan fingerprint density at radius 2 is 2.11 bits per heavy atom. The van der Waals surface area contributed by atoms with Crippen molar-refractivity contribution in [2.24, 2.45) is 7.05 Å². The SMILES string of the molecule is COC(=O)c1ccccc1COc1cc(C)n(C)n1. The smallest absolute Gasteiger partial charge is 0.338 e. The van der Waals surface area contributed by atoms with Crippen LogP contribution in [-0.4, -0.2) is 22.9 Å². The number of esters is 1. The number of ether oxygens (including phenoxy) is 2. The van der Waals surface area contributed by atoms with Gasteiger partial charge in [0.05, 0.1) is 12.7 Å². The molecule has 1 aromatic carbocycles. The van der Waals surface area contributed by atoms with Crippen molar-refractivity contribution in [2.45, 2.75) is 13.5 Å². The van der Waals surface area contributed by atoms with E-state index in [1.807, 2.05) is 32.2 Å². The third-order valence-electron chi connectivity index (χ3n) is 2.89. The molecule has 0 fully saturated rings. The van der Waals surface area contributed by atoms with Gasteiger partial charge in [-0.2, -0.15) is 0 Å². The molecule has 2 aromatic rings. The van der Waals surface area contributed by atoms with Gasteiger partial charge in [0.2, 0.25) is 5.88 Å². The van der Waals surface area contributed by atoms with Crippen LogP contribution in [0.4, 0.5) is 0 Å². The van der Waals surface area contributed by atoms with Crippen molar-refractivity contribution in [3.63, 3.8) is 0 Å². The highest BCUT2D eigenvalue weighted by atomic mass is 16.5. The Morgan fingerprint density at radius 3 is 2.74 bits per heavy atom. The average Bonchev–Trinajstić information content (AvgIpc) is 2.75. The van der Waals surface area contributed by atoms with Gasteiger partial charge in [-0.25, -0.2) is 4.79 Å². The minimum Gasteiger partial charge on any atom is -0.472 e. The van der Waals surface area contributed by atoms with Crippen LogP contribution in [0.25, 0.3) is 0 Å². The number of aromatic nitrogens is 2. The Hall–Kier alpha value is -2.30. The molecule has 5 heteroatoms. The third-order valence-corrected chi connectivity index (χ3v) is 2.89. The van der Waals surface area contributed by atoms with E-state index in [-0.39, 0.29) is 12.6 Å². The molecule has 1 aromatic heterocycles. The van der Waals surface area contributed by atoms with Gasteiger partial charge in [-0.15, -0.1) is 5.10 Å². The van der Waals surface area contributed by atoms with Gasteiger partial charge in [-0.1, -0.05) is 18.2 Å². The predicted molar refractivity (Wildman–Crippen MR) is 70.1 cm³/mol. The highest BCUT2D eigenvalue weighted by molar-refractivity contribution is 5.90. The maximum absolute atomic E-state index is 11.6. The lowest BCUT2D eigenvalue weighted by Crippen LogP contribution is -2.08. The summed E-state index contributed by atoms with van der Waals surface area (Å²) in [5.74, 6) is 0.177. The van der Waals surface area contributed by atoms with Crippen molar-refractivity contribution in [2.75, 3.05) is 7.11 Å². The average molecular weight is 260 g/mol. The molecule has 0 aliphatic carbocycles. The molecule has 0 bridgehead atoms. The lowest BCUT2D eigenvalue weighted by Gasteiger charge is -2.07. The molecule has 0 amide bonds. The zero-order valence-electron chi connectivity index (χ0n) is 11.2. The van der Waals surface area contributed by atoms with E-state index >= 15 is 0 Å². The quantitative estimate of drug-likeness (QED) is 0.790. The van der Waals surface area contributed by atoms with Gasteiger partial charge in [-0.3, -0.25) is 4.68 Å². The molecule has 0 aliphatic heterocycles. The molecule has 2 rings (SSSR count). The Morgan fingerprint density at radius 1 is 1.37 bits per heavy atom. The molecule has 100 valence electrons. The minimum absolute atomic E-state index is 0.279. The number of rotatable bonds is 4. The van der Waals surface area contributed by atoms with Crippen molar-refractivity contribution in [1.82, 2.24) is 9.78 Å². The van der Waals surface area contributed by atoms with E-state index in [0.29, 0.717) is 11.4 Å². The number of carbonyl (C=O) groups excluding carboxylic acids is 1. The fourth-order valence-electron chi connectivity index (χ4n) is 1.71. The number of carbonyl (C=O) groups is 1. The van der Waals surface area contributed by atoms with Gasteiger partial charge in [0, 0.05) is 24.4 Å². The summed E-state index contributed by atoms with van der Waals surface area (Å²) in [6.45, 7) is 2.23. The van der Waals surface area contributed by atoms with Crippen LogP contribution in [0.15, 0.2) is 30.3 Å². The number of nitrogens with zero attached hydrogens (tertiary/aromatic N) is 2. The Kier molecular flexibility index (Phi) is 3.85. The van der Waals surface area contributed by atoms with Crippen LogP contribution >= 0.6 is 0 Å². The standard InChI is InChI=1S/C14H16N2O3/c1-10-8-13(15-16(10)2)19-9-11-6-4-5-7-12(11)14(17)18-3/h4-8H,9H2,1-3H3. The second kappa shape index (κ2) is 5.56. The summed E-state index contributed by atoms with van der Waals surface area (Å²) in [6.07, 6.45) is 0. The van der Waals surface area contributed by atoms with Crippen molar-refractivity contribution >= 4 is 5.97 Å². The van der Waals surface area contributed by atoms with Crippen LogP contribution in [0.1, 0.15) is 21.6 Å². The summed E-state index contributed by atoms with van der Waals surface area (Å²) in [5, 5.41) is 4.20. The van der Waals surface area contributed by atoms with E-state index in [4.69, 9.17) is 9.47 Å². The summed E-state index contributed by atoms with van der Waals surface area (Å²) in [7, 11) is 3.21.